The zero-order valence-electron chi connectivity index (χ0n) is 17.0. The highest BCUT2D eigenvalue weighted by Gasteiger charge is 2.63. The molecule has 4 rings (SSSR count). The number of alkyl halides is 1. The molecule has 1 aliphatic heterocycles. The lowest BCUT2D eigenvalue weighted by Crippen LogP contribution is -2.64. The predicted octanol–water partition coefficient (Wildman–Crippen LogP) is 4.27. The van der Waals surface area contributed by atoms with Crippen LogP contribution in [0.1, 0.15) is 65.2 Å². The molecule has 0 spiro atoms. The minimum Gasteiger partial charge on any atom is -0.393 e. The first-order valence-electron chi connectivity index (χ1n) is 10.8. The third-order valence-electron chi connectivity index (χ3n) is 9.16. The third kappa shape index (κ3) is 2.89. The number of hydrogen-bond acceptors (Lipinski definition) is 2. The Labute approximate surface area is 178 Å². The van der Waals surface area contributed by atoms with Crippen molar-refractivity contribution in [2.45, 2.75) is 77.4 Å². The summed E-state index contributed by atoms with van der Waals surface area (Å²) in [5.74, 6) is 9.40. The highest BCUT2D eigenvalue weighted by molar-refractivity contribution is 14.1. The van der Waals surface area contributed by atoms with Crippen LogP contribution < -0.4 is 0 Å². The van der Waals surface area contributed by atoms with Crippen LogP contribution in [0.4, 0.5) is 0 Å². The van der Waals surface area contributed by atoms with E-state index in [0.29, 0.717) is 30.2 Å². The smallest absolute Gasteiger partial charge is 0.223 e. The fourth-order valence-electron chi connectivity index (χ4n) is 7.61. The Bertz CT molecular complexity index is 669. The number of carbonyl (C=O) groups is 1. The van der Waals surface area contributed by atoms with Crippen LogP contribution in [0.5, 0.6) is 0 Å². The zero-order chi connectivity index (χ0) is 19.4. The van der Waals surface area contributed by atoms with E-state index in [-0.39, 0.29) is 28.8 Å². The Morgan fingerprint density at radius 3 is 2.70 bits per heavy atom. The maximum atomic E-state index is 12.7. The number of fused-ring (bicyclic) bond motifs is 5. The van der Waals surface area contributed by atoms with Crippen LogP contribution in [0.15, 0.2) is 0 Å². The molecule has 4 heteroatoms. The van der Waals surface area contributed by atoms with Crippen molar-refractivity contribution < 1.29 is 9.90 Å². The second-order valence-electron chi connectivity index (χ2n) is 10.00. The summed E-state index contributed by atoms with van der Waals surface area (Å²) in [6.45, 7) is 4.79. The molecule has 0 unspecified atom stereocenters. The molecule has 0 aromatic rings. The molecule has 8 atom stereocenters. The summed E-state index contributed by atoms with van der Waals surface area (Å²) in [4.78, 5) is 14.8. The lowest BCUT2D eigenvalue weighted by molar-refractivity contribution is -0.167. The van der Waals surface area contributed by atoms with Crippen molar-refractivity contribution in [2.75, 3.05) is 11.5 Å². The van der Waals surface area contributed by atoms with Crippen molar-refractivity contribution in [1.29, 1.82) is 0 Å². The fourth-order valence-corrected chi connectivity index (χ4v) is 7.88. The van der Waals surface area contributed by atoms with E-state index < -0.39 is 0 Å². The minimum absolute atomic E-state index is 0.0960. The number of likely N-dealkylation sites (tertiary alicyclic amines) is 1. The largest absolute Gasteiger partial charge is 0.393 e. The van der Waals surface area contributed by atoms with Crippen molar-refractivity contribution in [3.8, 4) is 11.8 Å². The third-order valence-corrected chi connectivity index (χ3v) is 9.70. The van der Waals surface area contributed by atoms with Gasteiger partial charge in [-0.3, -0.25) is 4.79 Å². The molecule has 150 valence electrons. The maximum Gasteiger partial charge on any atom is 0.223 e. The molecule has 0 radical (unpaired) electrons. The monoisotopic (exact) mass is 483 g/mol. The van der Waals surface area contributed by atoms with Gasteiger partial charge >= 0.3 is 0 Å². The molecule has 27 heavy (non-hydrogen) atoms. The number of nitrogens with zero attached hydrogens (tertiary/aromatic N) is 1. The molecule has 4 aliphatic rings. The van der Waals surface area contributed by atoms with E-state index in [1.54, 1.807) is 0 Å². The highest BCUT2D eigenvalue weighted by atomic mass is 127. The van der Waals surface area contributed by atoms with Gasteiger partial charge in [-0.25, -0.2) is 0 Å². The van der Waals surface area contributed by atoms with Crippen LogP contribution in [0.3, 0.4) is 0 Å². The van der Waals surface area contributed by atoms with Gasteiger partial charge in [-0.15, -0.1) is 5.92 Å². The van der Waals surface area contributed by atoms with Crippen molar-refractivity contribution in [2.24, 2.45) is 34.5 Å². The summed E-state index contributed by atoms with van der Waals surface area (Å²) in [6, 6.07) is 0.328. The number of aliphatic hydroxyl groups is 1. The molecule has 3 saturated carbocycles. The molecule has 1 heterocycles. The fraction of sp³-hybridized carbons (Fsp3) is 0.870. The van der Waals surface area contributed by atoms with E-state index in [2.05, 4.69) is 53.2 Å². The summed E-state index contributed by atoms with van der Waals surface area (Å²) >= 11 is 2.38. The van der Waals surface area contributed by atoms with Crippen LogP contribution in [-0.2, 0) is 4.79 Å². The Balaban J connectivity index is 1.70. The van der Waals surface area contributed by atoms with E-state index in [4.69, 9.17) is 0 Å². The maximum absolute atomic E-state index is 12.7. The van der Waals surface area contributed by atoms with Gasteiger partial charge in [0.2, 0.25) is 5.91 Å². The second kappa shape index (κ2) is 7.20. The van der Waals surface area contributed by atoms with Crippen LogP contribution >= 0.6 is 22.6 Å². The quantitative estimate of drug-likeness (QED) is 0.344. The van der Waals surface area contributed by atoms with E-state index in [1.165, 1.54) is 19.3 Å². The average molecular weight is 483 g/mol. The number of piperidine rings is 1. The molecule has 0 aromatic carbocycles. The second-order valence-corrected chi connectivity index (χ2v) is 11.1. The zero-order valence-corrected chi connectivity index (χ0v) is 19.2. The SMILES string of the molecule is CN1C(=O)C[C@H](C#CCCI)[C@]2(C)[C@H]3CC[C@]4(C)[C@@H](O)CC[C@H]4[C@@H]3CC[C@@H]12. The normalized spacial score (nSPS) is 48.9. The topological polar surface area (TPSA) is 40.5 Å². The van der Waals surface area contributed by atoms with E-state index in [1.807, 2.05) is 7.05 Å². The lowest BCUT2D eigenvalue weighted by atomic mass is 9.45. The molecule has 1 amide bonds. The highest BCUT2D eigenvalue weighted by Crippen LogP contribution is 2.65. The standard InChI is InChI=1S/C23H34INO2/c1-22-12-11-18-16(17(22)8-10-20(22)26)7-9-19-23(18,2)15(6-4-5-13-24)14-21(27)25(19)3/h15-20,26H,5,7-14H2,1-3H3/t15-,16-,17-,18-,19+,20-,22-,23+/m0/s1. The molecular formula is C23H34INO2. The molecule has 4 fully saturated rings. The Morgan fingerprint density at radius 1 is 1.19 bits per heavy atom. The molecule has 1 N–H and O–H groups in total. The van der Waals surface area contributed by atoms with Gasteiger partial charge < -0.3 is 10.0 Å². The van der Waals surface area contributed by atoms with E-state index >= 15 is 0 Å². The van der Waals surface area contributed by atoms with E-state index in [9.17, 15) is 9.90 Å². The predicted molar refractivity (Wildman–Crippen MR) is 116 cm³/mol. The molecule has 1 saturated heterocycles. The van der Waals surface area contributed by atoms with Gasteiger partial charge in [0.1, 0.15) is 0 Å². The van der Waals surface area contributed by atoms with Gasteiger partial charge in [0, 0.05) is 41.7 Å². The van der Waals surface area contributed by atoms with Crippen LogP contribution in [0.25, 0.3) is 0 Å². The van der Waals surface area contributed by atoms with Gasteiger partial charge in [0.05, 0.1) is 6.10 Å². The summed E-state index contributed by atoms with van der Waals surface area (Å²) < 4.78 is 1.05. The van der Waals surface area contributed by atoms with Crippen LogP contribution in [-0.4, -0.2) is 39.5 Å². The Kier molecular flexibility index (Phi) is 5.34. The molecular weight excluding hydrogens is 449 g/mol. The summed E-state index contributed by atoms with van der Waals surface area (Å²) in [5, 5.41) is 10.7. The van der Waals surface area contributed by atoms with E-state index in [0.717, 1.165) is 30.1 Å². The molecule has 0 bridgehead atoms. The first-order chi connectivity index (χ1) is 12.8. The number of amides is 1. The molecule has 3 nitrogen and oxygen atoms in total. The van der Waals surface area contributed by atoms with Crippen LogP contribution in [0.2, 0.25) is 0 Å². The first kappa shape index (κ1) is 20.0. The lowest BCUT2D eigenvalue weighted by Gasteiger charge is -2.63. The van der Waals surface area contributed by atoms with Crippen LogP contribution in [0, 0.1) is 46.3 Å². The van der Waals surface area contributed by atoms with Gasteiger partial charge in [0.25, 0.3) is 0 Å². The summed E-state index contributed by atoms with van der Waals surface area (Å²) in [6.07, 6.45) is 8.18. The number of carbonyl (C=O) groups excluding carboxylic acids is 1. The van der Waals surface area contributed by atoms with Crippen molar-refractivity contribution in [3.63, 3.8) is 0 Å². The summed E-state index contributed by atoms with van der Waals surface area (Å²) in [5.41, 5.74) is 0.210. The van der Waals surface area contributed by atoms with Crippen molar-refractivity contribution >= 4 is 28.5 Å². The number of rotatable bonds is 1. The van der Waals surface area contributed by atoms with Gasteiger partial charge in [-0.05, 0) is 61.7 Å². The molecule has 3 aliphatic carbocycles. The van der Waals surface area contributed by atoms with Gasteiger partial charge in [-0.2, -0.15) is 0 Å². The number of aliphatic hydroxyl groups excluding tert-OH is 1. The summed E-state index contributed by atoms with van der Waals surface area (Å²) in [7, 11) is 2.02. The van der Waals surface area contributed by atoms with Gasteiger partial charge in [0.15, 0.2) is 0 Å². The Morgan fingerprint density at radius 2 is 1.96 bits per heavy atom. The Hall–Kier alpha value is -0.280. The first-order valence-corrected chi connectivity index (χ1v) is 12.3. The van der Waals surface area contributed by atoms with Crippen molar-refractivity contribution in [3.05, 3.63) is 0 Å². The van der Waals surface area contributed by atoms with Gasteiger partial charge in [-0.1, -0.05) is 42.4 Å². The average Bonchev–Trinajstić information content (AvgIpc) is 2.95. The van der Waals surface area contributed by atoms with Crippen molar-refractivity contribution in [1.82, 2.24) is 4.90 Å². The number of hydrogen-bond donors (Lipinski definition) is 1. The number of halogens is 1. The molecule has 0 aromatic heterocycles. The minimum atomic E-state index is -0.121.